The summed E-state index contributed by atoms with van der Waals surface area (Å²) in [6.45, 7) is -2.43. The SMILES string of the molecule is CO[C@H]1O[C@H](CO[C@@H]2O[C@H](COS(=O)(=O)c3ccc(C(=O)NCC(=O)NCC(=O)NCC(=O)NCC4CCCC4)cc3)[C@@H](O[C@@H]3O[C@H](COCc4ccccc4)[C@@H](OCc4ccccc4)[C@H](OCc4ccccc4)[C@H]3OC(=O)c3ccccc3)[C@H](O)[C@H]2OC(=O)c2ccccc2)[C@@H](OCc2ccccc2)[C@H](OCc2ccccc2)[C@H]1OCc1ccccc1. The van der Waals surface area contributed by atoms with E-state index in [-0.39, 0.29) is 75.4 Å². The molecule has 5 N–H and O–H groups in total. The second kappa shape index (κ2) is 46.1. The molecule has 9 aromatic rings. The van der Waals surface area contributed by atoms with Crippen LogP contribution in [-0.4, -0.2) is 194 Å². The zero-order valence-electron chi connectivity index (χ0n) is 67.9. The van der Waals surface area contributed by atoms with E-state index < -0.39 is 163 Å². The van der Waals surface area contributed by atoms with Crippen LogP contribution >= 0.6 is 0 Å². The van der Waals surface area contributed by atoms with Crippen LogP contribution in [0.4, 0.5) is 0 Å². The highest BCUT2D eigenvalue weighted by Crippen LogP contribution is 2.39. The van der Waals surface area contributed by atoms with Crippen LogP contribution in [0.3, 0.4) is 0 Å². The van der Waals surface area contributed by atoms with Gasteiger partial charge in [-0.3, -0.25) is 23.4 Å². The number of hydrogen-bond donors (Lipinski definition) is 5. The number of hydrogen-bond acceptors (Lipinski definition) is 24. The number of benzene rings is 9. The second-order valence-electron chi connectivity index (χ2n) is 30.0. The van der Waals surface area contributed by atoms with Gasteiger partial charge in [-0.05, 0) is 101 Å². The summed E-state index contributed by atoms with van der Waals surface area (Å²) in [6.07, 6.45) is -18.1. The third kappa shape index (κ3) is 26.4. The van der Waals surface area contributed by atoms with Crippen LogP contribution in [0, 0.1) is 5.92 Å². The van der Waals surface area contributed by atoms with Crippen molar-refractivity contribution in [2.75, 3.05) is 53.1 Å². The van der Waals surface area contributed by atoms with E-state index in [1.54, 1.807) is 48.5 Å². The standard InChI is InChI=1S/C94H102N4O24S/c1-108-92-87(114-59-69-40-20-7-21-41-69)85(112-57-67-36-16-5-17-37-67)83(111-56-66-34-14-4-15-35-66)75(117-92)61-115-93-84(120-90(104)71-42-22-8-23-43-71)80(102)81(76(118-93)62-116-123(106,107)73-48-46-70(47-49-73)89(103)98-53-79(101)97-52-78(100)96-51-77(99)95-50-63-28-26-27-29-63)122-94-88(121-91(105)72-44-24-9-25-45-72)86(113-58-68-38-18-6-19-39-68)82(110-55-65-32-12-3-13-33-65)74(119-94)60-109-54-64-30-10-2-11-31-64/h2-25,30-49,63,74-76,80-88,92-94,102H,26-29,50-62H2,1H3,(H,95,99)(H,96,100)(H,97,101)(H,98,103)/t74-,75-,76-,80+,81-,82-,83-,84-,85+,86+,87-,88-,92+,93-,94+/m1/s1. The van der Waals surface area contributed by atoms with Gasteiger partial charge in [0.15, 0.2) is 31.1 Å². The largest absolute Gasteiger partial charge is 0.450 e. The first-order valence-electron chi connectivity index (χ1n) is 41.0. The van der Waals surface area contributed by atoms with Gasteiger partial charge in [-0.15, -0.1) is 0 Å². The molecule has 3 heterocycles. The van der Waals surface area contributed by atoms with E-state index in [1.165, 1.54) is 31.4 Å². The number of aliphatic hydroxyl groups is 1. The lowest BCUT2D eigenvalue weighted by Crippen LogP contribution is -2.67. The molecule has 13 rings (SSSR count). The third-order valence-electron chi connectivity index (χ3n) is 21.2. The van der Waals surface area contributed by atoms with E-state index >= 15 is 0 Å². The van der Waals surface area contributed by atoms with Crippen molar-refractivity contribution in [3.05, 3.63) is 317 Å². The van der Waals surface area contributed by atoms with Crippen molar-refractivity contribution in [3.63, 3.8) is 0 Å². The zero-order valence-corrected chi connectivity index (χ0v) is 68.7. The predicted molar refractivity (Wildman–Crippen MR) is 445 cm³/mol. The second-order valence-corrected chi connectivity index (χ2v) is 31.6. The Kier molecular flexibility index (Phi) is 33.7. The number of nitrogens with one attached hydrogen (secondary N) is 4. The molecular weight excluding hydrogens is 1600 g/mol. The fourth-order valence-corrected chi connectivity index (χ4v) is 15.6. The van der Waals surface area contributed by atoms with Crippen molar-refractivity contribution in [3.8, 4) is 0 Å². The number of carbonyl (C=O) groups is 6. The molecule has 648 valence electrons. The van der Waals surface area contributed by atoms with Crippen molar-refractivity contribution in [1.29, 1.82) is 0 Å². The molecule has 3 saturated heterocycles. The van der Waals surface area contributed by atoms with E-state index in [0.717, 1.165) is 65.6 Å². The van der Waals surface area contributed by atoms with Gasteiger partial charge in [-0.25, -0.2) is 9.59 Å². The first kappa shape index (κ1) is 89.9. The van der Waals surface area contributed by atoms with Crippen molar-refractivity contribution in [2.45, 2.75) is 162 Å². The minimum absolute atomic E-state index is 0.0110. The highest BCUT2D eigenvalue weighted by Gasteiger charge is 2.57. The molecule has 0 spiro atoms. The molecule has 15 atom stereocenters. The summed E-state index contributed by atoms with van der Waals surface area (Å²) < 4.78 is 131. The summed E-state index contributed by atoms with van der Waals surface area (Å²) in [5.74, 6) is -3.97. The molecule has 4 amide bonds. The average Bonchev–Trinajstić information content (AvgIpc) is 1.21. The van der Waals surface area contributed by atoms with Crippen LogP contribution in [0.5, 0.6) is 0 Å². The quantitative estimate of drug-likeness (QED) is 0.0175. The summed E-state index contributed by atoms with van der Waals surface area (Å²) in [7, 11) is -3.52. The molecule has 0 radical (unpaired) electrons. The molecule has 4 aliphatic rings. The van der Waals surface area contributed by atoms with Gasteiger partial charge in [0, 0.05) is 19.2 Å². The van der Waals surface area contributed by atoms with E-state index in [4.69, 9.17) is 70.5 Å². The molecule has 123 heavy (non-hydrogen) atoms. The first-order chi connectivity index (χ1) is 60.1. The minimum Gasteiger partial charge on any atom is -0.450 e. The van der Waals surface area contributed by atoms with E-state index in [2.05, 4.69) is 21.3 Å². The van der Waals surface area contributed by atoms with Crippen molar-refractivity contribution < 1.29 is 113 Å². The molecule has 0 unspecified atom stereocenters. The normalized spacial score (nSPS) is 23.4. The summed E-state index contributed by atoms with van der Waals surface area (Å²) in [5, 5.41) is 23.8. The van der Waals surface area contributed by atoms with Crippen LogP contribution in [0.15, 0.2) is 272 Å². The van der Waals surface area contributed by atoms with Gasteiger partial charge in [-0.2, -0.15) is 8.42 Å². The van der Waals surface area contributed by atoms with Crippen LogP contribution in [0.25, 0.3) is 0 Å². The number of esters is 2. The highest BCUT2D eigenvalue weighted by atomic mass is 32.2. The van der Waals surface area contributed by atoms with E-state index in [9.17, 15) is 42.3 Å². The number of rotatable bonds is 42. The molecule has 4 fully saturated rings. The average molecular weight is 1700 g/mol. The van der Waals surface area contributed by atoms with Crippen molar-refractivity contribution in [1.82, 2.24) is 21.3 Å². The Labute approximate surface area is 714 Å². The van der Waals surface area contributed by atoms with Crippen LogP contribution < -0.4 is 21.3 Å². The van der Waals surface area contributed by atoms with Crippen molar-refractivity contribution >= 4 is 45.7 Å². The summed E-state index contributed by atoms with van der Waals surface area (Å²) in [6, 6.07) is 76.8. The van der Waals surface area contributed by atoms with E-state index in [1.807, 2.05) is 182 Å². The number of ether oxygens (including phenoxy) is 14. The lowest BCUT2D eigenvalue weighted by atomic mass is 9.95. The zero-order chi connectivity index (χ0) is 85.5. The number of carbonyl (C=O) groups excluding carboxylic acids is 6. The molecule has 0 aromatic heterocycles. The fourth-order valence-electron chi connectivity index (χ4n) is 14.7. The molecule has 29 heteroatoms. The Morgan fingerprint density at radius 2 is 0.740 bits per heavy atom. The van der Waals surface area contributed by atoms with Gasteiger partial charge in [0.25, 0.3) is 16.0 Å². The molecule has 9 aromatic carbocycles. The maximum absolute atomic E-state index is 15.0. The Bertz CT molecular complexity index is 4870. The summed E-state index contributed by atoms with van der Waals surface area (Å²) >= 11 is 0. The molecular formula is C94H102N4O24S. The van der Waals surface area contributed by atoms with Crippen molar-refractivity contribution in [2.24, 2.45) is 5.92 Å². The number of aliphatic hydroxyl groups excluding tert-OH is 1. The molecule has 1 saturated carbocycles. The highest BCUT2D eigenvalue weighted by molar-refractivity contribution is 7.86. The smallest absolute Gasteiger partial charge is 0.338 e. The molecule has 1 aliphatic carbocycles. The minimum atomic E-state index is -4.97. The Morgan fingerprint density at radius 1 is 0.366 bits per heavy atom. The topological polar surface area (TPSA) is 343 Å². The van der Waals surface area contributed by atoms with Gasteiger partial charge >= 0.3 is 11.9 Å². The van der Waals surface area contributed by atoms with Gasteiger partial charge in [0.1, 0.15) is 61.0 Å². The summed E-state index contributed by atoms with van der Waals surface area (Å²) in [4.78, 5) is 80.7. The first-order valence-corrected chi connectivity index (χ1v) is 42.4. The van der Waals surface area contributed by atoms with Gasteiger partial charge in [0.05, 0.1) is 95.1 Å². The predicted octanol–water partition coefficient (Wildman–Crippen LogP) is 9.84. The Morgan fingerprint density at radius 3 is 1.20 bits per heavy atom. The lowest BCUT2D eigenvalue weighted by Gasteiger charge is -2.49. The maximum Gasteiger partial charge on any atom is 0.338 e. The van der Waals surface area contributed by atoms with Gasteiger partial charge in [0.2, 0.25) is 17.7 Å². The van der Waals surface area contributed by atoms with E-state index in [0.29, 0.717) is 18.0 Å². The Balaban J connectivity index is 0.837. The van der Waals surface area contributed by atoms with Gasteiger partial charge in [-0.1, -0.05) is 231 Å². The monoisotopic (exact) mass is 1700 g/mol. The Hall–Kier alpha value is -10.8. The van der Waals surface area contributed by atoms with Crippen LogP contribution in [0.1, 0.15) is 90.1 Å². The maximum atomic E-state index is 15.0. The van der Waals surface area contributed by atoms with Gasteiger partial charge < -0.3 is 92.7 Å². The fraction of sp³-hybridized carbons (Fsp3) is 0.362. The summed E-state index contributed by atoms with van der Waals surface area (Å²) in [5.41, 5.74) is 4.79. The van der Waals surface area contributed by atoms with Crippen LogP contribution in [0.2, 0.25) is 0 Å². The third-order valence-corrected chi connectivity index (χ3v) is 22.5. The lowest BCUT2D eigenvalue weighted by molar-refractivity contribution is -0.369. The number of amides is 4. The molecule has 28 nitrogen and oxygen atoms in total. The van der Waals surface area contributed by atoms with Crippen LogP contribution in [-0.2, 0) is 135 Å². The molecule has 3 aliphatic heterocycles. The number of methoxy groups -OCH3 is 1. The molecule has 0 bridgehead atoms.